The average Bonchev–Trinajstić information content (AvgIpc) is 2.85. The van der Waals surface area contributed by atoms with Gasteiger partial charge in [0, 0.05) is 39.3 Å². The highest BCUT2D eigenvalue weighted by molar-refractivity contribution is 14.0. The molecule has 1 fully saturated rings. The van der Waals surface area contributed by atoms with E-state index in [0.717, 1.165) is 0 Å². The standard InChI is InChI=1S/C13H22F6N4O.HI/c1-20-11(21-4-2-6-24-9-13(17,18)19)22-10-3-5-23(7-10)8-12(14,15)16;/h10H,2-9H2,1H3,(H2,20,21,22);1H. The maximum Gasteiger partial charge on any atom is 0.411 e. The number of likely N-dealkylation sites (tertiary alicyclic amines) is 1. The lowest BCUT2D eigenvalue weighted by molar-refractivity contribution is -0.173. The van der Waals surface area contributed by atoms with E-state index in [9.17, 15) is 26.3 Å². The van der Waals surface area contributed by atoms with Crippen LogP contribution in [0.15, 0.2) is 4.99 Å². The van der Waals surface area contributed by atoms with Gasteiger partial charge in [0.25, 0.3) is 0 Å². The van der Waals surface area contributed by atoms with Gasteiger partial charge in [-0.1, -0.05) is 0 Å². The van der Waals surface area contributed by atoms with Gasteiger partial charge in [-0.15, -0.1) is 24.0 Å². The van der Waals surface area contributed by atoms with Crippen LogP contribution in [0.25, 0.3) is 0 Å². The van der Waals surface area contributed by atoms with E-state index < -0.39 is 25.5 Å². The Labute approximate surface area is 159 Å². The Balaban J connectivity index is 0.00000576. The normalized spacial score (nSPS) is 19.6. The number of halogens is 7. The predicted octanol–water partition coefficient (Wildman–Crippen LogP) is 2.38. The molecule has 150 valence electrons. The number of aliphatic imine (C=N–C) groups is 1. The van der Waals surface area contributed by atoms with Gasteiger partial charge in [0.05, 0.1) is 6.54 Å². The van der Waals surface area contributed by atoms with Gasteiger partial charge in [-0.2, -0.15) is 26.3 Å². The molecule has 0 amide bonds. The van der Waals surface area contributed by atoms with Gasteiger partial charge in [-0.25, -0.2) is 0 Å². The van der Waals surface area contributed by atoms with Crippen LogP contribution in [0.2, 0.25) is 0 Å². The molecule has 1 saturated heterocycles. The van der Waals surface area contributed by atoms with Crippen molar-refractivity contribution in [2.45, 2.75) is 31.2 Å². The fraction of sp³-hybridized carbons (Fsp3) is 0.923. The minimum atomic E-state index is -4.34. The van der Waals surface area contributed by atoms with Gasteiger partial charge in [-0.05, 0) is 12.8 Å². The molecule has 0 aromatic carbocycles. The zero-order valence-electron chi connectivity index (χ0n) is 13.7. The van der Waals surface area contributed by atoms with E-state index in [1.165, 1.54) is 11.9 Å². The second-order valence-corrected chi connectivity index (χ2v) is 5.50. The number of ether oxygens (including phenoxy) is 1. The number of hydrogen-bond donors (Lipinski definition) is 2. The highest BCUT2D eigenvalue weighted by Crippen LogP contribution is 2.19. The van der Waals surface area contributed by atoms with Crippen LogP contribution < -0.4 is 10.6 Å². The van der Waals surface area contributed by atoms with Crippen LogP contribution in [0.5, 0.6) is 0 Å². The van der Waals surface area contributed by atoms with Crippen molar-refractivity contribution in [3.8, 4) is 0 Å². The molecule has 2 N–H and O–H groups in total. The molecule has 0 saturated carbocycles. The summed E-state index contributed by atoms with van der Waals surface area (Å²) in [4.78, 5) is 5.26. The molecule has 0 aromatic heterocycles. The van der Waals surface area contributed by atoms with E-state index in [4.69, 9.17) is 0 Å². The Bertz CT molecular complexity index is 405. The second kappa shape index (κ2) is 11.3. The summed E-state index contributed by atoms with van der Waals surface area (Å²) in [7, 11) is 1.51. The lowest BCUT2D eigenvalue weighted by Gasteiger charge is -2.19. The second-order valence-electron chi connectivity index (χ2n) is 5.50. The van der Waals surface area contributed by atoms with Crippen molar-refractivity contribution in [3.05, 3.63) is 0 Å². The van der Waals surface area contributed by atoms with Crippen LogP contribution in [0.4, 0.5) is 26.3 Å². The van der Waals surface area contributed by atoms with Crippen LogP contribution in [0, 0.1) is 0 Å². The summed E-state index contributed by atoms with van der Waals surface area (Å²) in [5.41, 5.74) is 0. The molecule has 0 aliphatic carbocycles. The summed E-state index contributed by atoms with van der Waals surface area (Å²) in [6.07, 6.45) is -7.64. The molecule has 5 nitrogen and oxygen atoms in total. The van der Waals surface area contributed by atoms with Crippen molar-refractivity contribution < 1.29 is 31.1 Å². The van der Waals surface area contributed by atoms with Gasteiger partial charge in [-0.3, -0.25) is 9.89 Å². The average molecular weight is 492 g/mol. The number of nitrogens with zero attached hydrogens (tertiary/aromatic N) is 2. The zero-order valence-corrected chi connectivity index (χ0v) is 16.0. The largest absolute Gasteiger partial charge is 0.411 e. The minimum absolute atomic E-state index is 0. The maximum absolute atomic E-state index is 12.3. The fourth-order valence-electron chi connectivity index (χ4n) is 2.30. The molecule has 1 atom stereocenters. The number of nitrogens with one attached hydrogen (secondary N) is 2. The zero-order chi connectivity index (χ0) is 18.2. The van der Waals surface area contributed by atoms with Gasteiger partial charge in [0.15, 0.2) is 5.96 Å². The fourth-order valence-corrected chi connectivity index (χ4v) is 2.30. The molecule has 1 aliphatic rings. The van der Waals surface area contributed by atoms with Crippen molar-refractivity contribution in [2.75, 3.05) is 46.4 Å². The Morgan fingerprint density at radius 3 is 2.44 bits per heavy atom. The molecule has 0 aromatic rings. The first-order chi connectivity index (χ1) is 11.1. The van der Waals surface area contributed by atoms with Gasteiger partial charge < -0.3 is 15.4 Å². The van der Waals surface area contributed by atoms with E-state index in [1.54, 1.807) is 0 Å². The third kappa shape index (κ3) is 12.5. The quantitative estimate of drug-likeness (QED) is 0.189. The molecule has 0 bridgehead atoms. The molecule has 1 aliphatic heterocycles. The van der Waals surface area contributed by atoms with Crippen molar-refractivity contribution in [3.63, 3.8) is 0 Å². The van der Waals surface area contributed by atoms with E-state index >= 15 is 0 Å². The highest BCUT2D eigenvalue weighted by Gasteiger charge is 2.34. The van der Waals surface area contributed by atoms with Crippen molar-refractivity contribution in [2.24, 2.45) is 4.99 Å². The number of hydrogen-bond acceptors (Lipinski definition) is 3. The number of alkyl halides is 6. The van der Waals surface area contributed by atoms with Crippen molar-refractivity contribution >= 4 is 29.9 Å². The first-order valence-corrected chi connectivity index (χ1v) is 7.50. The lowest BCUT2D eigenvalue weighted by Crippen LogP contribution is -2.45. The van der Waals surface area contributed by atoms with E-state index in [2.05, 4.69) is 20.4 Å². The van der Waals surface area contributed by atoms with E-state index in [1.807, 2.05) is 0 Å². The third-order valence-electron chi connectivity index (χ3n) is 3.26. The molecule has 0 radical (unpaired) electrons. The summed E-state index contributed by atoms with van der Waals surface area (Å²) < 4.78 is 77.0. The first-order valence-electron chi connectivity index (χ1n) is 7.50. The molecular weight excluding hydrogens is 469 g/mol. The predicted molar refractivity (Wildman–Crippen MR) is 92.3 cm³/mol. The van der Waals surface area contributed by atoms with Crippen LogP contribution in [0.3, 0.4) is 0 Å². The third-order valence-corrected chi connectivity index (χ3v) is 3.26. The molecule has 25 heavy (non-hydrogen) atoms. The van der Waals surface area contributed by atoms with Crippen LogP contribution in [-0.2, 0) is 4.74 Å². The van der Waals surface area contributed by atoms with Gasteiger partial charge >= 0.3 is 12.4 Å². The molecule has 0 spiro atoms. The molecule has 1 unspecified atom stereocenters. The summed E-state index contributed by atoms with van der Waals surface area (Å²) in [6.45, 7) is -1.32. The summed E-state index contributed by atoms with van der Waals surface area (Å²) in [6, 6.07) is -0.153. The topological polar surface area (TPSA) is 48.9 Å². The Morgan fingerprint density at radius 1 is 1.20 bits per heavy atom. The molecular formula is C13H23F6IN4O. The van der Waals surface area contributed by atoms with Crippen molar-refractivity contribution in [1.82, 2.24) is 15.5 Å². The van der Waals surface area contributed by atoms with Gasteiger partial charge in [0.2, 0.25) is 0 Å². The molecule has 12 heteroatoms. The summed E-state index contributed by atoms with van der Waals surface area (Å²) >= 11 is 0. The Hall–Kier alpha value is -0.500. The van der Waals surface area contributed by atoms with Gasteiger partial charge in [0.1, 0.15) is 6.61 Å². The highest BCUT2D eigenvalue weighted by atomic mass is 127. The SMILES string of the molecule is CN=C(NCCCOCC(F)(F)F)NC1CCN(CC(F)(F)F)C1.I. The minimum Gasteiger partial charge on any atom is -0.372 e. The monoisotopic (exact) mass is 492 g/mol. The van der Waals surface area contributed by atoms with Crippen LogP contribution in [-0.4, -0.2) is 75.7 Å². The van der Waals surface area contributed by atoms with Crippen LogP contribution in [0.1, 0.15) is 12.8 Å². The molecule has 1 rings (SSSR count). The molecule has 1 heterocycles. The van der Waals surface area contributed by atoms with E-state index in [-0.39, 0.29) is 43.2 Å². The summed E-state index contributed by atoms with van der Waals surface area (Å²) in [5, 5.41) is 5.90. The van der Waals surface area contributed by atoms with E-state index in [0.29, 0.717) is 31.9 Å². The smallest absolute Gasteiger partial charge is 0.372 e. The Morgan fingerprint density at radius 2 is 1.88 bits per heavy atom. The Kier molecular flexibility index (Phi) is 11.0. The lowest BCUT2D eigenvalue weighted by atomic mass is 10.3. The van der Waals surface area contributed by atoms with Crippen molar-refractivity contribution in [1.29, 1.82) is 0 Å². The van der Waals surface area contributed by atoms with Crippen LogP contribution >= 0.6 is 24.0 Å². The summed E-state index contributed by atoms with van der Waals surface area (Å²) in [5.74, 6) is 0.407. The number of guanidine groups is 1. The number of rotatable bonds is 7. The maximum atomic E-state index is 12.3. The first kappa shape index (κ1) is 24.5.